The summed E-state index contributed by atoms with van der Waals surface area (Å²) >= 11 is 0. The third kappa shape index (κ3) is 4.85. The van der Waals surface area contributed by atoms with Gasteiger partial charge in [-0.05, 0) is 56.0 Å². The molecule has 2 N–H and O–H groups in total. The molecule has 0 bridgehead atoms. The standard InChI is InChI=1S/C24H28N4O4/c1-2-28-20-13-18(8-9-21(20)32-24(28)30)17-6-4-16(5-7-17)12-19(14-25)27-23(29)22-15-26-10-3-11-31-22/h4,6,8-9,13,19,22,26H,2-3,5,7,10-12,15H2,1H3,(H,27,29)/t19-,22-/m0/s1. The van der Waals surface area contributed by atoms with E-state index >= 15 is 0 Å². The molecule has 8 nitrogen and oxygen atoms in total. The van der Waals surface area contributed by atoms with Crippen LogP contribution in [0.3, 0.4) is 0 Å². The van der Waals surface area contributed by atoms with Crippen molar-refractivity contribution in [2.45, 2.75) is 51.3 Å². The number of ether oxygens (including phenoxy) is 1. The van der Waals surface area contributed by atoms with Crippen molar-refractivity contribution in [2.75, 3.05) is 19.7 Å². The van der Waals surface area contributed by atoms with Gasteiger partial charge in [0.1, 0.15) is 12.1 Å². The number of hydrogen-bond acceptors (Lipinski definition) is 6. The van der Waals surface area contributed by atoms with Crippen LogP contribution in [0.2, 0.25) is 0 Å². The molecule has 0 saturated carbocycles. The molecule has 1 aliphatic carbocycles. The molecule has 0 unspecified atom stereocenters. The first-order chi connectivity index (χ1) is 15.6. The predicted molar refractivity (Wildman–Crippen MR) is 121 cm³/mol. The van der Waals surface area contributed by atoms with Crippen LogP contribution in [-0.4, -0.2) is 42.3 Å². The lowest BCUT2D eigenvalue weighted by atomic mass is 9.90. The Hall–Kier alpha value is -3.15. The lowest BCUT2D eigenvalue weighted by Gasteiger charge is -2.20. The second kappa shape index (κ2) is 9.98. The zero-order valence-electron chi connectivity index (χ0n) is 18.2. The van der Waals surface area contributed by atoms with Crippen LogP contribution >= 0.6 is 0 Å². The molecule has 1 amide bonds. The fourth-order valence-corrected chi connectivity index (χ4v) is 4.19. The fraction of sp³-hybridized carbons (Fsp3) is 0.458. The molecule has 2 aliphatic rings. The highest BCUT2D eigenvalue weighted by Crippen LogP contribution is 2.30. The quantitative estimate of drug-likeness (QED) is 0.720. The van der Waals surface area contributed by atoms with Crippen LogP contribution in [-0.2, 0) is 16.1 Å². The van der Waals surface area contributed by atoms with E-state index in [1.165, 1.54) is 5.57 Å². The van der Waals surface area contributed by atoms with E-state index in [0.29, 0.717) is 31.7 Å². The molecule has 32 heavy (non-hydrogen) atoms. The Morgan fingerprint density at radius 1 is 1.38 bits per heavy atom. The largest absolute Gasteiger partial charge is 0.419 e. The maximum absolute atomic E-state index is 12.5. The molecule has 1 fully saturated rings. The highest BCUT2D eigenvalue weighted by molar-refractivity contribution is 5.82. The molecule has 1 aromatic carbocycles. The molecule has 168 valence electrons. The van der Waals surface area contributed by atoms with E-state index in [9.17, 15) is 14.9 Å². The van der Waals surface area contributed by atoms with Crippen molar-refractivity contribution in [1.82, 2.24) is 15.2 Å². The van der Waals surface area contributed by atoms with Gasteiger partial charge < -0.3 is 19.8 Å². The van der Waals surface area contributed by atoms with Crippen molar-refractivity contribution in [3.63, 3.8) is 0 Å². The number of nitrogens with zero attached hydrogens (tertiary/aromatic N) is 2. The molecular formula is C24H28N4O4. The Balaban J connectivity index is 1.43. The Labute approximate surface area is 186 Å². The number of carbonyl (C=O) groups excluding carboxylic acids is 1. The highest BCUT2D eigenvalue weighted by atomic mass is 16.5. The van der Waals surface area contributed by atoms with E-state index in [0.717, 1.165) is 42.5 Å². The van der Waals surface area contributed by atoms with Gasteiger partial charge in [0.25, 0.3) is 5.91 Å². The van der Waals surface area contributed by atoms with Gasteiger partial charge in [-0.2, -0.15) is 5.26 Å². The van der Waals surface area contributed by atoms with Crippen molar-refractivity contribution in [1.29, 1.82) is 5.26 Å². The maximum atomic E-state index is 12.5. The number of allylic oxidation sites excluding steroid dienone is 3. The van der Waals surface area contributed by atoms with Gasteiger partial charge in [0, 0.05) is 26.1 Å². The predicted octanol–water partition coefficient (Wildman–Crippen LogP) is 2.49. The minimum atomic E-state index is -0.586. The van der Waals surface area contributed by atoms with Gasteiger partial charge in [-0.25, -0.2) is 4.79 Å². The summed E-state index contributed by atoms with van der Waals surface area (Å²) in [5, 5.41) is 15.5. The monoisotopic (exact) mass is 436 g/mol. The Morgan fingerprint density at radius 3 is 3.00 bits per heavy atom. The summed E-state index contributed by atoms with van der Waals surface area (Å²) in [4.78, 5) is 24.4. The van der Waals surface area contributed by atoms with Gasteiger partial charge in [-0.1, -0.05) is 23.8 Å². The number of aryl methyl sites for hydroxylation is 1. The van der Waals surface area contributed by atoms with Crippen LogP contribution in [0.25, 0.3) is 16.7 Å². The Morgan fingerprint density at radius 2 is 2.25 bits per heavy atom. The molecular weight excluding hydrogens is 408 g/mol. The minimum absolute atomic E-state index is 0.242. The first-order valence-electron chi connectivity index (χ1n) is 11.1. The SMILES string of the molecule is CCn1c(=O)oc2ccc(C3=CC=C(C[C@@H](C#N)NC(=O)[C@@H]4CNCCCO4)CC3)cc21. The van der Waals surface area contributed by atoms with E-state index in [4.69, 9.17) is 9.15 Å². The first kappa shape index (κ1) is 22.1. The zero-order chi connectivity index (χ0) is 22.5. The smallest absolute Gasteiger partial charge is 0.408 e. The fourth-order valence-electron chi connectivity index (χ4n) is 4.19. The minimum Gasteiger partial charge on any atom is -0.408 e. The van der Waals surface area contributed by atoms with Crippen LogP contribution in [0.5, 0.6) is 0 Å². The van der Waals surface area contributed by atoms with Crippen molar-refractivity contribution in [2.24, 2.45) is 0 Å². The number of carbonyl (C=O) groups is 1. The normalized spacial score (nSPS) is 20.1. The summed E-state index contributed by atoms with van der Waals surface area (Å²) in [6, 6.07) is 7.41. The number of benzene rings is 1. The van der Waals surface area contributed by atoms with Crippen molar-refractivity contribution < 1.29 is 13.9 Å². The highest BCUT2D eigenvalue weighted by Gasteiger charge is 2.24. The summed E-state index contributed by atoms with van der Waals surface area (Å²) in [5.41, 5.74) is 4.73. The number of fused-ring (bicyclic) bond motifs is 1. The molecule has 1 saturated heterocycles. The van der Waals surface area contributed by atoms with E-state index in [2.05, 4.69) is 22.8 Å². The van der Waals surface area contributed by atoms with Gasteiger partial charge in [-0.15, -0.1) is 0 Å². The van der Waals surface area contributed by atoms with Gasteiger partial charge in [0.15, 0.2) is 5.58 Å². The third-order valence-corrected chi connectivity index (χ3v) is 5.97. The van der Waals surface area contributed by atoms with Crippen LogP contribution in [0, 0.1) is 11.3 Å². The molecule has 4 rings (SSSR count). The molecule has 2 aromatic rings. The second-order valence-corrected chi connectivity index (χ2v) is 8.12. The van der Waals surface area contributed by atoms with Crippen LogP contribution < -0.4 is 16.4 Å². The molecule has 0 radical (unpaired) electrons. The molecule has 0 spiro atoms. The van der Waals surface area contributed by atoms with E-state index in [-0.39, 0.29) is 11.7 Å². The summed E-state index contributed by atoms with van der Waals surface area (Å²) in [7, 11) is 0. The van der Waals surface area contributed by atoms with Crippen molar-refractivity contribution in [3.8, 4) is 6.07 Å². The zero-order valence-corrected chi connectivity index (χ0v) is 18.2. The summed E-state index contributed by atoms with van der Waals surface area (Å²) in [5.74, 6) is -0.581. The third-order valence-electron chi connectivity index (χ3n) is 5.97. The maximum Gasteiger partial charge on any atom is 0.419 e. The average Bonchev–Trinajstić information content (AvgIpc) is 2.96. The summed E-state index contributed by atoms with van der Waals surface area (Å²) in [6.45, 7) is 4.31. The lowest BCUT2D eigenvalue weighted by molar-refractivity contribution is -0.132. The number of nitriles is 1. The van der Waals surface area contributed by atoms with Crippen LogP contribution in [0.1, 0.15) is 38.2 Å². The molecule has 8 heteroatoms. The summed E-state index contributed by atoms with van der Waals surface area (Å²) in [6.07, 6.45) is 6.53. The number of amides is 1. The van der Waals surface area contributed by atoms with Crippen molar-refractivity contribution >= 4 is 22.6 Å². The van der Waals surface area contributed by atoms with Gasteiger partial charge in [0.05, 0.1) is 11.6 Å². The Bertz CT molecular complexity index is 1140. The van der Waals surface area contributed by atoms with Crippen LogP contribution in [0.15, 0.2) is 45.1 Å². The van der Waals surface area contributed by atoms with E-state index in [1.807, 2.05) is 31.2 Å². The summed E-state index contributed by atoms with van der Waals surface area (Å²) < 4.78 is 12.5. The molecule has 1 aromatic heterocycles. The van der Waals surface area contributed by atoms with Crippen molar-refractivity contribution in [3.05, 3.63) is 52.0 Å². The number of hydrogen-bond donors (Lipinski definition) is 2. The second-order valence-electron chi connectivity index (χ2n) is 8.12. The number of nitrogens with one attached hydrogen (secondary N) is 2. The molecule has 1 aliphatic heterocycles. The van der Waals surface area contributed by atoms with E-state index < -0.39 is 12.1 Å². The number of rotatable bonds is 6. The average molecular weight is 437 g/mol. The van der Waals surface area contributed by atoms with Gasteiger partial charge in [-0.3, -0.25) is 9.36 Å². The number of oxazole rings is 1. The Kier molecular flexibility index (Phi) is 6.88. The topological polar surface area (TPSA) is 109 Å². The van der Waals surface area contributed by atoms with E-state index in [1.54, 1.807) is 4.57 Å². The molecule has 2 atom stereocenters. The van der Waals surface area contributed by atoms with Gasteiger partial charge >= 0.3 is 5.76 Å². The first-order valence-corrected chi connectivity index (χ1v) is 11.1. The van der Waals surface area contributed by atoms with Crippen LogP contribution in [0.4, 0.5) is 0 Å². The molecule has 2 heterocycles. The van der Waals surface area contributed by atoms with Gasteiger partial charge in [0.2, 0.25) is 0 Å². The lowest BCUT2D eigenvalue weighted by Crippen LogP contribution is -2.45. The number of aromatic nitrogens is 1.